The van der Waals surface area contributed by atoms with Gasteiger partial charge >= 0.3 is 0 Å². The molecular weight excluding hydrogens is 340 g/mol. The summed E-state index contributed by atoms with van der Waals surface area (Å²) in [6, 6.07) is 9.50. The van der Waals surface area contributed by atoms with Gasteiger partial charge in [-0.2, -0.15) is 0 Å². The van der Waals surface area contributed by atoms with Crippen LogP contribution in [0.3, 0.4) is 0 Å². The van der Waals surface area contributed by atoms with Gasteiger partial charge in [-0.15, -0.1) is 0 Å². The predicted molar refractivity (Wildman–Crippen MR) is 94.3 cm³/mol. The van der Waals surface area contributed by atoms with Crippen molar-refractivity contribution in [1.29, 1.82) is 0 Å². The number of phenols is 1. The van der Waals surface area contributed by atoms with E-state index in [4.69, 9.17) is 18.9 Å². The molecule has 0 radical (unpaired) electrons. The minimum atomic E-state index is -1.55. The Hall–Kier alpha value is -2.77. The number of methoxy groups -OCH3 is 4. The second-order valence-corrected chi connectivity index (χ2v) is 5.46. The first-order valence-electron chi connectivity index (χ1n) is 7.80. The number of hydrogen-bond acceptors (Lipinski definition) is 7. The van der Waals surface area contributed by atoms with E-state index < -0.39 is 18.0 Å². The summed E-state index contributed by atoms with van der Waals surface area (Å²) >= 11 is 0. The largest absolute Gasteiger partial charge is 0.507 e. The van der Waals surface area contributed by atoms with Crippen LogP contribution in [-0.2, 0) is 4.74 Å². The fourth-order valence-electron chi connectivity index (χ4n) is 2.63. The second-order valence-electron chi connectivity index (χ2n) is 5.46. The molecule has 0 bridgehead atoms. The monoisotopic (exact) mass is 362 g/mol. The summed E-state index contributed by atoms with van der Waals surface area (Å²) in [7, 11) is 5.71. The van der Waals surface area contributed by atoms with E-state index in [1.807, 2.05) is 0 Å². The maximum Gasteiger partial charge on any atom is 0.201 e. The highest BCUT2D eigenvalue weighted by Gasteiger charge is 2.32. The van der Waals surface area contributed by atoms with Crippen LogP contribution in [0.5, 0.6) is 23.0 Å². The zero-order valence-corrected chi connectivity index (χ0v) is 15.1. The van der Waals surface area contributed by atoms with E-state index >= 15 is 0 Å². The van der Waals surface area contributed by atoms with E-state index in [2.05, 4.69) is 0 Å². The second kappa shape index (κ2) is 8.55. The average Bonchev–Trinajstić information content (AvgIpc) is 2.67. The van der Waals surface area contributed by atoms with E-state index in [0.29, 0.717) is 17.1 Å². The fraction of sp³-hybridized carbons (Fsp3) is 0.316. The molecule has 2 aromatic rings. The van der Waals surface area contributed by atoms with Crippen molar-refractivity contribution in [2.45, 2.75) is 12.2 Å². The number of aromatic hydroxyl groups is 1. The number of phenolic OH excluding ortho intramolecular Hbond substituents is 1. The Kier molecular flexibility index (Phi) is 6.43. The third-order valence-electron chi connectivity index (χ3n) is 4.01. The van der Waals surface area contributed by atoms with E-state index in [1.165, 1.54) is 33.5 Å². The van der Waals surface area contributed by atoms with Crippen LogP contribution in [0.15, 0.2) is 36.4 Å². The molecule has 2 atom stereocenters. The molecule has 0 amide bonds. The molecule has 0 saturated carbocycles. The summed E-state index contributed by atoms with van der Waals surface area (Å²) in [5.41, 5.74) is 0.442. The van der Waals surface area contributed by atoms with Crippen LogP contribution in [0.4, 0.5) is 0 Å². The summed E-state index contributed by atoms with van der Waals surface area (Å²) in [6.45, 7) is 0. The van der Waals surface area contributed by atoms with Crippen molar-refractivity contribution in [2.24, 2.45) is 0 Å². The lowest BCUT2D eigenvalue weighted by Crippen LogP contribution is -2.29. The summed E-state index contributed by atoms with van der Waals surface area (Å²) in [5, 5.41) is 20.8. The average molecular weight is 362 g/mol. The number of Topliss-reactive ketones (excluding diaryl/α,β-unsaturated/α-hetero) is 1. The smallest absolute Gasteiger partial charge is 0.201 e. The number of hydrogen-bond donors (Lipinski definition) is 2. The lowest BCUT2D eigenvalue weighted by Gasteiger charge is -2.22. The number of rotatable bonds is 8. The van der Waals surface area contributed by atoms with E-state index in [1.54, 1.807) is 31.4 Å². The van der Waals surface area contributed by atoms with Crippen molar-refractivity contribution in [3.63, 3.8) is 0 Å². The number of aliphatic hydroxyl groups excluding tert-OH is 1. The van der Waals surface area contributed by atoms with Gasteiger partial charge in [0.1, 0.15) is 40.8 Å². The normalized spacial score (nSPS) is 13.0. The van der Waals surface area contributed by atoms with Crippen molar-refractivity contribution < 1.29 is 34.0 Å². The first kappa shape index (κ1) is 19.6. The minimum Gasteiger partial charge on any atom is -0.507 e. The fourth-order valence-corrected chi connectivity index (χ4v) is 2.63. The van der Waals surface area contributed by atoms with Crippen molar-refractivity contribution in [2.75, 3.05) is 28.4 Å². The van der Waals surface area contributed by atoms with Crippen molar-refractivity contribution in [3.05, 3.63) is 47.5 Å². The number of ketones is 1. The maximum absolute atomic E-state index is 12.8. The van der Waals surface area contributed by atoms with Crippen molar-refractivity contribution >= 4 is 5.78 Å². The van der Waals surface area contributed by atoms with E-state index in [9.17, 15) is 15.0 Å². The summed E-state index contributed by atoms with van der Waals surface area (Å²) in [4.78, 5) is 12.8. The molecule has 0 spiro atoms. The summed E-state index contributed by atoms with van der Waals surface area (Å²) in [6.07, 6.45) is -2.48. The first-order valence-corrected chi connectivity index (χ1v) is 7.80. The predicted octanol–water partition coefficient (Wildman–Crippen LogP) is 2.35. The molecule has 0 saturated heterocycles. The van der Waals surface area contributed by atoms with Crippen LogP contribution in [0.25, 0.3) is 0 Å². The zero-order valence-electron chi connectivity index (χ0n) is 15.1. The molecule has 0 heterocycles. The Bertz CT molecular complexity index is 755. The molecule has 0 aliphatic carbocycles. The van der Waals surface area contributed by atoms with Gasteiger partial charge < -0.3 is 29.2 Å². The van der Waals surface area contributed by atoms with Crippen molar-refractivity contribution in [1.82, 2.24) is 0 Å². The number of carbonyl (C=O) groups excluding carboxylic acids is 1. The molecule has 2 rings (SSSR count). The number of benzene rings is 2. The lowest BCUT2D eigenvalue weighted by molar-refractivity contribution is -0.00457. The summed E-state index contributed by atoms with van der Waals surface area (Å²) in [5.74, 6) is -0.0299. The van der Waals surface area contributed by atoms with Crippen LogP contribution in [0, 0.1) is 0 Å². The lowest BCUT2D eigenvalue weighted by atomic mass is 9.95. The highest BCUT2D eigenvalue weighted by Crippen LogP contribution is 2.36. The van der Waals surface area contributed by atoms with E-state index in [-0.39, 0.29) is 17.1 Å². The molecule has 0 aliphatic heterocycles. The van der Waals surface area contributed by atoms with Gasteiger partial charge in [0.05, 0.1) is 21.3 Å². The molecule has 0 aliphatic rings. The zero-order chi connectivity index (χ0) is 19.3. The highest BCUT2D eigenvalue weighted by atomic mass is 16.5. The van der Waals surface area contributed by atoms with Gasteiger partial charge in [-0.05, 0) is 17.7 Å². The van der Waals surface area contributed by atoms with Gasteiger partial charge in [-0.3, -0.25) is 4.79 Å². The van der Waals surface area contributed by atoms with Crippen LogP contribution in [0.1, 0.15) is 22.0 Å². The van der Waals surface area contributed by atoms with Crippen LogP contribution in [0.2, 0.25) is 0 Å². The third kappa shape index (κ3) is 3.89. The van der Waals surface area contributed by atoms with Gasteiger partial charge in [-0.25, -0.2) is 0 Å². The quantitative estimate of drug-likeness (QED) is 0.696. The molecular formula is C19H22O7. The Labute approximate surface area is 151 Å². The Morgan fingerprint density at radius 1 is 0.923 bits per heavy atom. The van der Waals surface area contributed by atoms with Crippen LogP contribution < -0.4 is 14.2 Å². The Morgan fingerprint density at radius 2 is 1.54 bits per heavy atom. The number of aliphatic hydroxyl groups is 1. The standard InChI is InChI=1S/C19H22O7/c1-23-12-7-5-11(6-8-12)19(26-4)18(22)17(21)16-14(20)9-13(24-2)10-15(16)25-3/h5-10,18-20,22H,1-4H3/t18-,19+/m1/s1. The van der Waals surface area contributed by atoms with Gasteiger partial charge in [-0.1, -0.05) is 12.1 Å². The van der Waals surface area contributed by atoms with Crippen LogP contribution in [-0.4, -0.2) is 50.5 Å². The van der Waals surface area contributed by atoms with Crippen molar-refractivity contribution in [3.8, 4) is 23.0 Å². The molecule has 0 aromatic heterocycles. The van der Waals surface area contributed by atoms with Gasteiger partial charge in [0, 0.05) is 19.2 Å². The molecule has 26 heavy (non-hydrogen) atoms. The van der Waals surface area contributed by atoms with Gasteiger partial charge in [0.15, 0.2) is 0 Å². The third-order valence-corrected chi connectivity index (χ3v) is 4.01. The Balaban J connectivity index is 2.37. The van der Waals surface area contributed by atoms with E-state index in [0.717, 1.165) is 0 Å². The SMILES string of the molecule is COc1ccc([C@H](OC)[C@H](O)C(=O)c2c(O)cc(OC)cc2OC)cc1. The topological polar surface area (TPSA) is 94.5 Å². The number of ether oxygens (including phenoxy) is 4. The molecule has 2 N–H and O–H groups in total. The molecule has 0 unspecified atom stereocenters. The maximum atomic E-state index is 12.8. The van der Waals surface area contributed by atoms with Crippen LogP contribution >= 0.6 is 0 Å². The highest BCUT2D eigenvalue weighted by molar-refractivity contribution is 6.04. The number of carbonyl (C=O) groups is 1. The van der Waals surface area contributed by atoms with Gasteiger partial charge in [0.2, 0.25) is 5.78 Å². The summed E-state index contributed by atoms with van der Waals surface area (Å²) < 4.78 is 20.6. The molecule has 2 aromatic carbocycles. The molecule has 140 valence electrons. The van der Waals surface area contributed by atoms with Gasteiger partial charge in [0.25, 0.3) is 0 Å². The first-order chi connectivity index (χ1) is 12.5. The minimum absolute atomic E-state index is 0.0930. The molecule has 7 heteroatoms. The molecule has 7 nitrogen and oxygen atoms in total. The molecule has 0 fully saturated rings. The Morgan fingerprint density at radius 3 is 2.04 bits per heavy atom.